The average molecular weight is 389 g/mol. The van der Waals surface area contributed by atoms with E-state index in [1.54, 1.807) is 10.4 Å². The fourth-order valence-corrected chi connectivity index (χ4v) is 5.01. The predicted octanol–water partition coefficient (Wildman–Crippen LogP) is 3.04. The maximum Gasteiger partial charge on any atom is 0.243 e. The van der Waals surface area contributed by atoms with Crippen LogP contribution in [0.4, 0.5) is 5.82 Å². The molecule has 2 aromatic rings. The third-order valence-corrected chi connectivity index (χ3v) is 6.94. The van der Waals surface area contributed by atoms with E-state index in [2.05, 4.69) is 28.7 Å². The van der Waals surface area contributed by atoms with Crippen LogP contribution in [-0.4, -0.2) is 48.9 Å². The monoisotopic (exact) mass is 388 g/mol. The molecular formula is C20H28N4O2S. The Balaban J connectivity index is 1.77. The number of hydrogen-bond donors (Lipinski definition) is 0. The number of rotatable bonds is 4. The summed E-state index contributed by atoms with van der Waals surface area (Å²) in [6, 6.07) is 7.46. The summed E-state index contributed by atoms with van der Waals surface area (Å²) in [5.74, 6) is 1.97. The maximum atomic E-state index is 13.0. The van der Waals surface area contributed by atoms with E-state index >= 15 is 0 Å². The number of aromatic nitrogens is 2. The Hall–Kier alpha value is -1.99. The Morgan fingerprint density at radius 3 is 2.22 bits per heavy atom. The van der Waals surface area contributed by atoms with Gasteiger partial charge in [-0.1, -0.05) is 31.5 Å². The third-order valence-electron chi connectivity index (χ3n) is 4.89. The van der Waals surface area contributed by atoms with Crippen LogP contribution in [0.5, 0.6) is 0 Å². The van der Waals surface area contributed by atoms with Crippen LogP contribution in [0.1, 0.15) is 42.4 Å². The predicted molar refractivity (Wildman–Crippen MR) is 108 cm³/mol. The van der Waals surface area contributed by atoms with Crippen LogP contribution in [0.3, 0.4) is 0 Å². The molecule has 2 heterocycles. The standard InChI is InChI=1S/C20H28N4O2S/c1-14(2)20-21-17(5)13-19(22-20)23-8-10-24(11-9-23)27(25,26)18-7-6-15(3)12-16(18)4/h6-7,12-14H,8-11H2,1-5H3. The van der Waals surface area contributed by atoms with Gasteiger partial charge in [0.1, 0.15) is 11.6 Å². The van der Waals surface area contributed by atoms with Gasteiger partial charge in [0.2, 0.25) is 10.0 Å². The molecule has 1 fully saturated rings. The molecular weight excluding hydrogens is 360 g/mol. The molecule has 27 heavy (non-hydrogen) atoms. The van der Waals surface area contributed by atoms with Crippen LogP contribution in [0.2, 0.25) is 0 Å². The molecule has 6 nitrogen and oxygen atoms in total. The summed E-state index contributed by atoms with van der Waals surface area (Å²) in [6.45, 7) is 12.1. The molecule has 3 rings (SSSR count). The van der Waals surface area contributed by atoms with Gasteiger partial charge in [-0.25, -0.2) is 18.4 Å². The number of benzene rings is 1. The van der Waals surface area contributed by atoms with Gasteiger partial charge < -0.3 is 4.90 Å². The second-order valence-corrected chi connectivity index (χ2v) is 9.45. The molecule has 1 aliphatic rings. The van der Waals surface area contributed by atoms with E-state index < -0.39 is 10.0 Å². The highest BCUT2D eigenvalue weighted by Crippen LogP contribution is 2.24. The Morgan fingerprint density at radius 2 is 1.63 bits per heavy atom. The molecule has 1 aromatic carbocycles. The number of sulfonamides is 1. The number of hydrogen-bond acceptors (Lipinski definition) is 5. The molecule has 1 aliphatic heterocycles. The fraction of sp³-hybridized carbons (Fsp3) is 0.500. The number of piperazine rings is 1. The summed E-state index contributed by atoms with van der Waals surface area (Å²) < 4.78 is 27.7. The minimum absolute atomic E-state index is 0.259. The highest BCUT2D eigenvalue weighted by Gasteiger charge is 2.30. The molecule has 0 unspecified atom stereocenters. The highest BCUT2D eigenvalue weighted by atomic mass is 32.2. The van der Waals surface area contributed by atoms with E-state index in [0.29, 0.717) is 31.1 Å². The lowest BCUT2D eigenvalue weighted by Gasteiger charge is -2.35. The molecule has 1 saturated heterocycles. The summed E-state index contributed by atoms with van der Waals surface area (Å²) in [7, 11) is -3.47. The quantitative estimate of drug-likeness (QED) is 0.805. The summed E-state index contributed by atoms with van der Waals surface area (Å²) in [5.41, 5.74) is 2.80. The van der Waals surface area contributed by atoms with Crippen LogP contribution < -0.4 is 4.90 Å². The van der Waals surface area contributed by atoms with Crippen molar-refractivity contribution in [3.05, 3.63) is 46.9 Å². The van der Waals surface area contributed by atoms with Crippen molar-refractivity contribution in [2.24, 2.45) is 0 Å². The summed E-state index contributed by atoms with van der Waals surface area (Å²) in [6.07, 6.45) is 0. The van der Waals surface area contributed by atoms with Crippen LogP contribution in [0.25, 0.3) is 0 Å². The number of anilines is 1. The van der Waals surface area contributed by atoms with E-state index in [4.69, 9.17) is 0 Å². The minimum atomic E-state index is -3.47. The first-order chi connectivity index (χ1) is 12.7. The van der Waals surface area contributed by atoms with E-state index in [9.17, 15) is 8.42 Å². The van der Waals surface area contributed by atoms with Gasteiger partial charge in [-0.3, -0.25) is 0 Å². The lowest BCUT2D eigenvalue weighted by molar-refractivity contribution is 0.383. The van der Waals surface area contributed by atoms with Crippen molar-refractivity contribution in [2.75, 3.05) is 31.1 Å². The Labute approximate surface area is 162 Å². The third kappa shape index (κ3) is 4.14. The average Bonchev–Trinajstić information content (AvgIpc) is 2.61. The maximum absolute atomic E-state index is 13.0. The zero-order chi connectivity index (χ0) is 19.8. The molecule has 0 atom stereocenters. The van der Waals surface area contributed by atoms with Crippen molar-refractivity contribution in [1.29, 1.82) is 0 Å². The number of nitrogens with zero attached hydrogens (tertiary/aromatic N) is 4. The normalized spacial score (nSPS) is 16.1. The summed E-state index contributed by atoms with van der Waals surface area (Å²) in [5, 5.41) is 0. The molecule has 0 bridgehead atoms. The minimum Gasteiger partial charge on any atom is -0.354 e. The van der Waals surface area contributed by atoms with Crippen molar-refractivity contribution >= 4 is 15.8 Å². The Morgan fingerprint density at radius 1 is 0.963 bits per heavy atom. The van der Waals surface area contributed by atoms with E-state index in [1.165, 1.54) is 0 Å². The molecule has 0 amide bonds. The van der Waals surface area contributed by atoms with Gasteiger partial charge in [0.05, 0.1) is 4.90 Å². The van der Waals surface area contributed by atoms with E-state index in [1.807, 2.05) is 39.0 Å². The molecule has 0 saturated carbocycles. The van der Waals surface area contributed by atoms with Crippen LogP contribution in [0.15, 0.2) is 29.2 Å². The molecule has 1 aromatic heterocycles. The van der Waals surface area contributed by atoms with E-state index in [-0.39, 0.29) is 5.92 Å². The Bertz CT molecular complexity index is 933. The summed E-state index contributed by atoms with van der Waals surface area (Å²) in [4.78, 5) is 11.7. The fourth-order valence-electron chi connectivity index (χ4n) is 3.38. The van der Waals surface area contributed by atoms with E-state index in [0.717, 1.165) is 28.5 Å². The molecule has 0 N–H and O–H groups in total. The first-order valence-electron chi connectivity index (χ1n) is 9.36. The molecule has 0 aliphatic carbocycles. The summed E-state index contributed by atoms with van der Waals surface area (Å²) >= 11 is 0. The number of aryl methyl sites for hydroxylation is 3. The van der Waals surface area contributed by atoms with Crippen molar-refractivity contribution in [2.45, 2.75) is 45.4 Å². The lowest BCUT2D eigenvalue weighted by Crippen LogP contribution is -2.49. The first-order valence-corrected chi connectivity index (χ1v) is 10.8. The van der Waals surface area contributed by atoms with Gasteiger partial charge in [0.25, 0.3) is 0 Å². The second kappa shape index (κ2) is 7.56. The van der Waals surface area contributed by atoms with Gasteiger partial charge in [0, 0.05) is 43.9 Å². The zero-order valence-electron chi connectivity index (χ0n) is 16.7. The van der Waals surface area contributed by atoms with Crippen LogP contribution in [0, 0.1) is 20.8 Å². The topological polar surface area (TPSA) is 66.4 Å². The van der Waals surface area contributed by atoms with Crippen molar-refractivity contribution < 1.29 is 8.42 Å². The van der Waals surface area contributed by atoms with Gasteiger partial charge in [-0.2, -0.15) is 4.31 Å². The van der Waals surface area contributed by atoms with Crippen molar-refractivity contribution in [1.82, 2.24) is 14.3 Å². The van der Waals surface area contributed by atoms with Gasteiger partial charge in [-0.05, 0) is 32.4 Å². The first kappa shape index (κ1) is 19.8. The highest BCUT2D eigenvalue weighted by molar-refractivity contribution is 7.89. The molecule has 7 heteroatoms. The van der Waals surface area contributed by atoms with Gasteiger partial charge in [0.15, 0.2) is 0 Å². The smallest absolute Gasteiger partial charge is 0.243 e. The van der Waals surface area contributed by atoms with Gasteiger partial charge >= 0.3 is 0 Å². The van der Waals surface area contributed by atoms with Gasteiger partial charge in [-0.15, -0.1) is 0 Å². The zero-order valence-corrected chi connectivity index (χ0v) is 17.5. The SMILES string of the molecule is Cc1ccc(S(=O)(=O)N2CCN(c3cc(C)nc(C(C)C)n3)CC2)c(C)c1. The van der Waals surface area contributed by atoms with Crippen molar-refractivity contribution in [3.63, 3.8) is 0 Å². The largest absolute Gasteiger partial charge is 0.354 e. The molecule has 0 radical (unpaired) electrons. The van der Waals surface area contributed by atoms with Crippen LogP contribution in [-0.2, 0) is 10.0 Å². The molecule has 146 valence electrons. The van der Waals surface area contributed by atoms with Crippen molar-refractivity contribution in [3.8, 4) is 0 Å². The lowest BCUT2D eigenvalue weighted by atomic mass is 10.2. The Kier molecular flexibility index (Phi) is 5.53. The molecule has 0 spiro atoms. The van der Waals surface area contributed by atoms with Crippen LogP contribution >= 0.6 is 0 Å². The second-order valence-electron chi connectivity index (χ2n) is 7.54.